The van der Waals surface area contributed by atoms with E-state index in [1.807, 2.05) is 24.3 Å². The summed E-state index contributed by atoms with van der Waals surface area (Å²) in [7, 11) is 0. The van der Waals surface area contributed by atoms with Crippen molar-refractivity contribution in [3.05, 3.63) is 83.6 Å². The molecular weight excluding hydrogens is 340 g/mol. The van der Waals surface area contributed by atoms with Crippen molar-refractivity contribution in [2.45, 2.75) is 13.3 Å². The van der Waals surface area contributed by atoms with E-state index in [4.69, 9.17) is 0 Å². The Morgan fingerprint density at radius 1 is 1.00 bits per heavy atom. The van der Waals surface area contributed by atoms with Crippen molar-refractivity contribution in [3.63, 3.8) is 0 Å². The number of hydrogen-bond donors (Lipinski definition) is 2. The minimum Gasteiger partial charge on any atom is -0.508 e. The van der Waals surface area contributed by atoms with E-state index in [1.54, 1.807) is 42.5 Å². The van der Waals surface area contributed by atoms with Crippen LogP contribution >= 0.6 is 0 Å². The average Bonchev–Trinajstić information content (AvgIpc) is 2.69. The first-order chi connectivity index (χ1) is 13.0. The maximum absolute atomic E-state index is 12.4. The molecule has 136 valence electrons. The van der Waals surface area contributed by atoms with E-state index in [1.165, 1.54) is 6.92 Å². The number of carbonyl (C=O) groups excluding carboxylic acids is 2. The molecule has 0 aliphatic carbocycles. The Morgan fingerprint density at radius 2 is 1.74 bits per heavy atom. The van der Waals surface area contributed by atoms with Crippen molar-refractivity contribution in [3.8, 4) is 17.0 Å². The van der Waals surface area contributed by atoms with Gasteiger partial charge in [0.25, 0.3) is 5.91 Å². The SMILES string of the molecule is CC(=O)c1cccc(-c2cccc(C(=O)NCCc3ccc(O)cc3)n2)c1. The molecule has 0 spiro atoms. The first-order valence-electron chi connectivity index (χ1n) is 8.67. The van der Waals surface area contributed by atoms with Gasteiger partial charge < -0.3 is 10.4 Å². The number of carbonyl (C=O) groups is 2. The fraction of sp³-hybridized carbons (Fsp3) is 0.136. The van der Waals surface area contributed by atoms with Gasteiger partial charge >= 0.3 is 0 Å². The summed E-state index contributed by atoms with van der Waals surface area (Å²) in [4.78, 5) is 28.4. The van der Waals surface area contributed by atoms with Crippen LogP contribution in [0, 0.1) is 0 Å². The predicted molar refractivity (Wildman–Crippen MR) is 104 cm³/mol. The molecular formula is C22H20N2O3. The molecule has 0 saturated heterocycles. The van der Waals surface area contributed by atoms with Gasteiger partial charge in [0.15, 0.2) is 5.78 Å². The highest BCUT2D eigenvalue weighted by molar-refractivity contribution is 5.95. The standard InChI is InChI=1S/C22H20N2O3/c1-15(25)17-4-2-5-18(14-17)20-6-3-7-21(24-20)22(27)23-13-12-16-8-10-19(26)11-9-16/h2-11,14,26H,12-13H2,1H3,(H,23,27). The Kier molecular flexibility index (Phi) is 5.61. The summed E-state index contributed by atoms with van der Waals surface area (Å²) in [5.74, 6) is -0.0454. The van der Waals surface area contributed by atoms with Gasteiger partial charge in [-0.2, -0.15) is 0 Å². The second kappa shape index (κ2) is 8.27. The first kappa shape index (κ1) is 18.3. The highest BCUT2D eigenvalue weighted by Gasteiger charge is 2.10. The van der Waals surface area contributed by atoms with Crippen LogP contribution in [0.2, 0.25) is 0 Å². The summed E-state index contributed by atoms with van der Waals surface area (Å²) >= 11 is 0. The van der Waals surface area contributed by atoms with Gasteiger partial charge in [0.05, 0.1) is 5.69 Å². The van der Waals surface area contributed by atoms with E-state index in [-0.39, 0.29) is 17.4 Å². The van der Waals surface area contributed by atoms with Crippen molar-refractivity contribution in [1.29, 1.82) is 0 Å². The molecule has 0 atom stereocenters. The quantitative estimate of drug-likeness (QED) is 0.658. The zero-order valence-corrected chi connectivity index (χ0v) is 15.0. The lowest BCUT2D eigenvalue weighted by Gasteiger charge is -2.07. The molecule has 5 heteroatoms. The molecule has 1 amide bonds. The molecule has 0 radical (unpaired) electrons. The van der Waals surface area contributed by atoms with E-state index < -0.39 is 0 Å². The summed E-state index contributed by atoms with van der Waals surface area (Å²) in [6, 6.07) is 19.3. The highest BCUT2D eigenvalue weighted by atomic mass is 16.3. The maximum Gasteiger partial charge on any atom is 0.269 e. The number of aromatic nitrogens is 1. The predicted octanol–water partition coefficient (Wildman–Crippen LogP) is 3.63. The number of benzene rings is 2. The Bertz CT molecular complexity index is 965. The van der Waals surface area contributed by atoms with Crippen LogP contribution in [0.5, 0.6) is 5.75 Å². The summed E-state index contributed by atoms with van der Waals surface area (Å²) in [6.07, 6.45) is 0.659. The lowest BCUT2D eigenvalue weighted by molar-refractivity contribution is 0.0948. The van der Waals surface area contributed by atoms with Gasteiger partial charge in [0.2, 0.25) is 0 Å². The summed E-state index contributed by atoms with van der Waals surface area (Å²) in [5.41, 5.74) is 3.39. The molecule has 2 N–H and O–H groups in total. The molecule has 0 bridgehead atoms. The maximum atomic E-state index is 12.4. The Morgan fingerprint density at radius 3 is 2.48 bits per heavy atom. The van der Waals surface area contributed by atoms with Gasteiger partial charge in [-0.3, -0.25) is 9.59 Å². The summed E-state index contributed by atoms with van der Waals surface area (Å²) < 4.78 is 0. The third-order valence-electron chi connectivity index (χ3n) is 4.18. The monoisotopic (exact) mass is 360 g/mol. The number of pyridine rings is 1. The molecule has 0 aliphatic heterocycles. The number of nitrogens with one attached hydrogen (secondary N) is 1. The van der Waals surface area contributed by atoms with Crippen molar-refractivity contribution in [2.24, 2.45) is 0 Å². The lowest BCUT2D eigenvalue weighted by Crippen LogP contribution is -2.26. The second-order valence-electron chi connectivity index (χ2n) is 6.22. The fourth-order valence-electron chi connectivity index (χ4n) is 2.69. The van der Waals surface area contributed by atoms with E-state index >= 15 is 0 Å². The van der Waals surface area contributed by atoms with Gasteiger partial charge in [-0.15, -0.1) is 0 Å². The van der Waals surface area contributed by atoms with Crippen molar-refractivity contribution >= 4 is 11.7 Å². The molecule has 3 rings (SSSR count). The summed E-state index contributed by atoms with van der Waals surface area (Å²) in [5, 5.41) is 12.1. The second-order valence-corrected chi connectivity index (χ2v) is 6.22. The van der Waals surface area contributed by atoms with E-state index in [2.05, 4.69) is 10.3 Å². The van der Waals surface area contributed by atoms with Gasteiger partial charge in [0.1, 0.15) is 11.4 Å². The first-order valence-corrected chi connectivity index (χ1v) is 8.67. The van der Waals surface area contributed by atoms with Crippen LogP contribution in [-0.2, 0) is 6.42 Å². The van der Waals surface area contributed by atoms with Crippen LogP contribution in [0.15, 0.2) is 66.7 Å². The molecule has 1 heterocycles. The normalized spacial score (nSPS) is 10.4. The third kappa shape index (κ3) is 4.79. The van der Waals surface area contributed by atoms with E-state index in [9.17, 15) is 14.7 Å². The van der Waals surface area contributed by atoms with Crippen LogP contribution in [0.4, 0.5) is 0 Å². The van der Waals surface area contributed by atoms with Crippen molar-refractivity contribution in [1.82, 2.24) is 10.3 Å². The van der Waals surface area contributed by atoms with E-state index in [0.29, 0.717) is 29.9 Å². The minimum atomic E-state index is -0.252. The molecule has 5 nitrogen and oxygen atoms in total. The highest BCUT2D eigenvalue weighted by Crippen LogP contribution is 2.19. The molecule has 1 aromatic heterocycles. The minimum absolute atomic E-state index is 0.0139. The fourth-order valence-corrected chi connectivity index (χ4v) is 2.69. The number of hydrogen-bond acceptors (Lipinski definition) is 4. The van der Waals surface area contributed by atoms with Gasteiger partial charge in [-0.05, 0) is 49.2 Å². The van der Waals surface area contributed by atoms with Crippen LogP contribution in [-0.4, -0.2) is 28.3 Å². The molecule has 27 heavy (non-hydrogen) atoms. The van der Waals surface area contributed by atoms with Crippen LogP contribution in [0.1, 0.15) is 33.3 Å². The molecule has 2 aromatic carbocycles. The van der Waals surface area contributed by atoms with Gasteiger partial charge in [-0.25, -0.2) is 4.98 Å². The number of phenolic OH excluding ortho intramolecular Hbond substituents is 1. The molecule has 3 aromatic rings. The zero-order valence-electron chi connectivity index (χ0n) is 15.0. The molecule has 0 fully saturated rings. The largest absolute Gasteiger partial charge is 0.508 e. The van der Waals surface area contributed by atoms with E-state index in [0.717, 1.165) is 11.1 Å². The topological polar surface area (TPSA) is 79.3 Å². The molecule has 0 aliphatic rings. The van der Waals surface area contributed by atoms with Crippen molar-refractivity contribution < 1.29 is 14.7 Å². The molecule has 0 unspecified atom stereocenters. The van der Waals surface area contributed by atoms with Crippen molar-refractivity contribution in [2.75, 3.05) is 6.54 Å². The number of phenols is 1. The Labute approximate surface area is 157 Å². The van der Waals surface area contributed by atoms with Crippen LogP contribution in [0.25, 0.3) is 11.3 Å². The number of nitrogens with zero attached hydrogens (tertiary/aromatic N) is 1. The Hall–Kier alpha value is -3.47. The zero-order chi connectivity index (χ0) is 19.2. The third-order valence-corrected chi connectivity index (χ3v) is 4.18. The number of amides is 1. The van der Waals surface area contributed by atoms with Gasteiger partial charge in [0, 0.05) is 17.7 Å². The molecule has 0 saturated carbocycles. The Balaban J connectivity index is 1.67. The number of rotatable bonds is 6. The van der Waals surface area contributed by atoms with Crippen LogP contribution < -0.4 is 5.32 Å². The smallest absolute Gasteiger partial charge is 0.269 e. The summed E-state index contributed by atoms with van der Waals surface area (Å²) in [6.45, 7) is 1.99. The van der Waals surface area contributed by atoms with Gasteiger partial charge in [-0.1, -0.05) is 36.4 Å². The number of Topliss-reactive ketones (excluding diaryl/α,β-unsaturated/α-hetero) is 1. The lowest BCUT2D eigenvalue weighted by atomic mass is 10.1. The number of aromatic hydroxyl groups is 1. The number of ketones is 1. The van der Waals surface area contributed by atoms with Crippen LogP contribution in [0.3, 0.4) is 0 Å². The average molecular weight is 360 g/mol.